The van der Waals surface area contributed by atoms with Crippen LogP contribution in [-0.2, 0) is 0 Å². The minimum Gasteiger partial charge on any atom is -0.387 e. The molecule has 1 fully saturated rings. The molecular weight excluding hydrogens is 280 g/mol. The number of benzene rings is 1. The molecule has 1 saturated carbocycles. The van der Waals surface area contributed by atoms with Gasteiger partial charge in [-0.1, -0.05) is 18.9 Å². The Hall–Kier alpha value is -0.650. The van der Waals surface area contributed by atoms with Crippen LogP contribution < -0.4 is 5.32 Å². The molecule has 2 N–H and O–H groups in total. The summed E-state index contributed by atoms with van der Waals surface area (Å²) in [5.74, 6) is -1.80. The first-order chi connectivity index (χ1) is 9.61. The molecule has 0 aromatic heterocycles. The molecule has 0 bridgehead atoms. The SMILES string of the molecule is CSC1CCCCC1NCC(O)c1ccc(F)c(F)c1. The van der Waals surface area contributed by atoms with Gasteiger partial charge in [0.15, 0.2) is 11.6 Å². The largest absolute Gasteiger partial charge is 0.387 e. The molecule has 3 atom stereocenters. The molecule has 20 heavy (non-hydrogen) atoms. The lowest BCUT2D eigenvalue weighted by Crippen LogP contribution is -2.42. The monoisotopic (exact) mass is 301 g/mol. The fraction of sp³-hybridized carbons (Fsp3) is 0.600. The fourth-order valence-corrected chi connectivity index (χ4v) is 3.68. The van der Waals surface area contributed by atoms with Crippen LogP contribution in [0.2, 0.25) is 0 Å². The normalized spacial score (nSPS) is 24.6. The van der Waals surface area contributed by atoms with E-state index in [1.807, 2.05) is 11.8 Å². The Bertz CT molecular complexity index is 444. The Balaban J connectivity index is 1.90. The van der Waals surface area contributed by atoms with Crippen molar-refractivity contribution >= 4 is 11.8 Å². The first kappa shape index (κ1) is 15.7. The zero-order valence-electron chi connectivity index (χ0n) is 11.6. The van der Waals surface area contributed by atoms with Crippen LogP contribution in [-0.4, -0.2) is 29.2 Å². The van der Waals surface area contributed by atoms with Crippen molar-refractivity contribution < 1.29 is 13.9 Å². The Morgan fingerprint density at radius 3 is 2.75 bits per heavy atom. The van der Waals surface area contributed by atoms with Crippen LogP contribution in [0.15, 0.2) is 18.2 Å². The van der Waals surface area contributed by atoms with Gasteiger partial charge in [-0.05, 0) is 36.8 Å². The van der Waals surface area contributed by atoms with Gasteiger partial charge in [0.1, 0.15) is 0 Å². The van der Waals surface area contributed by atoms with Crippen molar-refractivity contribution in [2.75, 3.05) is 12.8 Å². The van der Waals surface area contributed by atoms with E-state index in [1.165, 1.54) is 25.3 Å². The standard InChI is InChI=1S/C15H21F2NOS/c1-20-15-5-3-2-4-13(15)18-9-14(19)10-6-7-11(16)12(17)8-10/h6-8,13-15,18-19H,2-5,9H2,1H3. The van der Waals surface area contributed by atoms with Gasteiger partial charge < -0.3 is 10.4 Å². The van der Waals surface area contributed by atoms with E-state index >= 15 is 0 Å². The number of hydrogen-bond acceptors (Lipinski definition) is 3. The summed E-state index contributed by atoms with van der Waals surface area (Å²) < 4.78 is 26.0. The fourth-order valence-electron chi connectivity index (χ4n) is 2.71. The second kappa shape index (κ2) is 7.38. The summed E-state index contributed by atoms with van der Waals surface area (Å²) in [4.78, 5) is 0. The molecule has 0 spiro atoms. The maximum Gasteiger partial charge on any atom is 0.159 e. The molecule has 1 aromatic rings. The number of rotatable bonds is 5. The predicted octanol–water partition coefficient (Wildman–Crippen LogP) is 3.26. The molecule has 0 aliphatic heterocycles. The van der Waals surface area contributed by atoms with Gasteiger partial charge in [-0.2, -0.15) is 11.8 Å². The summed E-state index contributed by atoms with van der Waals surface area (Å²) in [6.07, 6.45) is 6.06. The third-order valence-corrected chi connectivity index (χ3v) is 5.08. The van der Waals surface area contributed by atoms with E-state index < -0.39 is 17.7 Å². The molecule has 112 valence electrons. The molecule has 1 aromatic carbocycles. The first-order valence-electron chi connectivity index (χ1n) is 7.01. The van der Waals surface area contributed by atoms with Crippen molar-refractivity contribution in [3.05, 3.63) is 35.4 Å². The lowest BCUT2D eigenvalue weighted by molar-refractivity contribution is 0.165. The number of thioether (sulfide) groups is 1. The topological polar surface area (TPSA) is 32.3 Å². The molecule has 0 saturated heterocycles. The van der Waals surface area contributed by atoms with E-state index in [9.17, 15) is 13.9 Å². The molecule has 2 rings (SSSR count). The summed E-state index contributed by atoms with van der Waals surface area (Å²) in [5.41, 5.74) is 0.410. The number of aliphatic hydroxyl groups is 1. The zero-order valence-corrected chi connectivity index (χ0v) is 12.4. The smallest absolute Gasteiger partial charge is 0.159 e. The van der Waals surface area contributed by atoms with Crippen LogP contribution >= 0.6 is 11.8 Å². The molecule has 1 aliphatic carbocycles. The Labute approximate surface area is 123 Å². The Kier molecular flexibility index (Phi) is 5.81. The lowest BCUT2D eigenvalue weighted by Gasteiger charge is -2.31. The van der Waals surface area contributed by atoms with Crippen LogP contribution in [0, 0.1) is 11.6 Å². The van der Waals surface area contributed by atoms with Crippen molar-refractivity contribution in [2.24, 2.45) is 0 Å². The summed E-state index contributed by atoms with van der Waals surface area (Å²) >= 11 is 1.85. The zero-order chi connectivity index (χ0) is 14.5. The second-order valence-electron chi connectivity index (χ2n) is 5.26. The molecule has 5 heteroatoms. The average molecular weight is 301 g/mol. The van der Waals surface area contributed by atoms with Gasteiger partial charge in [0.05, 0.1) is 6.10 Å². The summed E-state index contributed by atoms with van der Waals surface area (Å²) in [7, 11) is 0. The molecule has 0 heterocycles. The van der Waals surface area contributed by atoms with Crippen molar-refractivity contribution in [3.63, 3.8) is 0 Å². The van der Waals surface area contributed by atoms with E-state index in [2.05, 4.69) is 11.6 Å². The molecule has 3 unspecified atom stereocenters. The first-order valence-corrected chi connectivity index (χ1v) is 8.30. The average Bonchev–Trinajstić information content (AvgIpc) is 2.47. The van der Waals surface area contributed by atoms with Gasteiger partial charge in [-0.25, -0.2) is 8.78 Å². The van der Waals surface area contributed by atoms with E-state index in [1.54, 1.807) is 0 Å². The summed E-state index contributed by atoms with van der Waals surface area (Å²) in [5, 5.41) is 14.0. The highest BCUT2D eigenvalue weighted by atomic mass is 32.2. The highest BCUT2D eigenvalue weighted by molar-refractivity contribution is 7.99. The highest BCUT2D eigenvalue weighted by Gasteiger charge is 2.24. The summed E-state index contributed by atoms with van der Waals surface area (Å²) in [6, 6.07) is 3.93. The van der Waals surface area contributed by atoms with Gasteiger partial charge in [-0.3, -0.25) is 0 Å². The molecule has 0 amide bonds. The van der Waals surface area contributed by atoms with Gasteiger partial charge in [0.25, 0.3) is 0 Å². The van der Waals surface area contributed by atoms with Crippen molar-refractivity contribution in [1.82, 2.24) is 5.32 Å². The minimum absolute atomic E-state index is 0.368. The van der Waals surface area contributed by atoms with E-state index in [-0.39, 0.29) is 0 Å². The predicted molar refractivity (Wildman–Crippen MR) is 78.9 cm³/mol. The van der Waals surface area contributed by atoms with Crippen LogP contribution in [0.5, 0.6) is 0 Å². The van der Waals surface area contributed by atoms with Crippen LogP contribution in [0.25, 0.3) is 0 Å². The molecule has 1 aliphatic rings. The lowest BCUT2D eigenvalue weighted by atomic mass is 9.94. The third-order valence-electron chi connectivity index (χ3n) is 3.91. The number of halogens is 2. The molecule has 2 nitrogen and oxygen atoms in total. The van der Waals surface area contributed by atoms with Gasteiger partial charge in [0, 0.05) is 17.8 Å². The van der Waals surface area contributed by atoms with Crippen LogP contribution in [0.1, 0.15) is 37.4 Å². The van der Waals surface area contributed by atoms with Gasteiger partial charge >= 0.3 is 0 Å². The van der Waals surface area contributed by atoms with Crippen LogP contribution in [0.4, 0.5) is 8.78 Å². The minimum atomic E-state index is -0.916. The van der Waals surface area contributed by atoms with Crippen molar-refractivity contribution in [3.8, 4) is 0 Å². The van der Waals surface area contributed by atoms with Crippen molar-refractivity contribution in [1.29, 1.82) is 0 Å². The Morgan fingerprint density at radius 1 is 1.30 bits per heavy atom. The van der Waals surface area contributed by atoms with Gasteiger partial charge in [0.2, 0.25) is 0 Å². The number of nitrogens with one attached hydrogen (secondary N) is 1. The molecule has 0 radical (unpaired) electrons. The van der Waals surface area contributed by atoms with Crippen LogP contribution in [0.3, 0.4) is 0 Å². The summed E-state index contributed by atoms with van der Waals surface area (Å²) in [6.45, 7) is 0.368. The maximum atomic E-state index is 13.1. The number of hydrogen-bond donors (Lipinski definition) is 2. The van der Waals surface area contributed by atoms with E-state index in [0.29, 0.717) is 23.4 Å². The second-order valence-corrected chi connectivity index (χ2v) is 6.34. The quantitative estimate of drug-likeness (QED) is 0.875. The third kappa shape index (κ3) is 3.93. The molecular formula is C15H21F2NOS. The van der Waals surface area contributed by atoms with Crippen molar-refractivity contribution in [2.45, 2.75) is 43.1 Å². The number of aliphatic hydroxyl groups excluding tert-OH is 1. The Morgan fingerprint density at radius 2 is 2.05 bits per heavy atom. The highest BCUT2D eigenvalue weighted by Crippen LogP contribution is 2.27. The maximum absolute atomic E-state index is 13.1. The van der Waals surface area contributed by atoms with E-state index in [0.717, 1.165) is 18.6 Å². The van der Waals surface area contributed by atoms with E-state index in [4.69, 9.17) is 0 Å². The van der Waals surface area contributed by atoms with Gasteiger partial charge in [-0.15, -0.1) is 0 Å².